The molecule has 0 bridgehead atoms. The SMILES string of the molecule is Cc1cccc(CC(=O)N2CCN(c3ccc(NC(=O)Nc4ccc(F)c(F)c4)cc3)CC2)c1. The summed E-state index contributed by atoms with van der Waals surface area (Å²) < 4.78 is 26.3. The van der Waals surface area contributed by atoms with Crippen molar-refractivity contribution in [2.45, 2.75) is 13.3 Å². The van der Waals surface area contributed by atoms with Crippen molar-refractivity contribution in [2.75, 3.05) is 41.7 Å². The van der Waals surface area contributed by atoms with Crippen LogP contribution in [0.15, 0.2) is 66.7 Å². The highest BCUT2D eigenvalue weighted by molar-refractivity contribution is 5.99. The highest BCUT2D eigenvalue weighted by Gasteiger charge is 2.21. The first-order valence-corrected chi connectivity index (χ1v) is 11.1. The number of piperazine rings is 1. The van der Waals surface area contributed by atoms with Crippen LogP contribution in [-0.4, -0.2) is 43.0 Å². The maximum Gasteiger partial charge on any atom is 0.323 e. The van der Waals surface area contributed by atoms with Crippen LogP contribution in [0.3, 0.4) is 0 Å². The molecule has 1 heterocycles. The van der Waals surface area contributed by atoms with E-state index in [9.17, 15) is 18.4 Å². The third-order valence-electron chi connectivity index (χ3n) is 5.74. The standard InChI is InChI=1S/C26H26F2N4O2/c1-18-3-2-4-19(15-18)16-25(33)32-13-11-31(12-14-32)22-8-5-20(6-9-22)29-26(34)30-21-7-10-23(27)24(28)17-21/h2-10,15,17H,11-14,16H2,1H3,(H2,29,30,34). The van der Waals surface area contributed by atoms with E-state index in [4.69, 9.17) is 0 Å². The van der Waals surface area contributed by atoms with Crippen molar-refractivity contribution in [3.8, 4) is 0 Å². The molecule has 1 aliphatic rings. The van der Waals surface area contributed by atoms with Crippen LogP contribution in [0.5, 0.6) is 0 Å². The molecule has 0 aromatic heterocycles. The monoisotopic (exact) mass is 464 g/mol. The van der Waals surface area contributed by atoms with Crippen LogP contribution in [0.2, 0.25) is 0 Å². The number of anilines is 3. The van der Waals surface area contributed by atoms with Crippen LogP contribution < -0.4 is 15.5 Å². The molecule has 0 saturated carbocycles. The minimum Gasteiger partial charge on any atom is -0.368 e. The molecule has 3 aromatic carbocycles. The summed E-state index contributed by atoms with van der Waals surface area (Å²) in [6, 6.07) is 18.0. The summed E-state index contributed by atoms with van der Waals surface area (Å²) in [5.41, 5.74) is 3.90. The summed E-state index contributed by atoms with van der Waals surface area (Å²) in [5, 5.41) is 5.13. The molecule has 1 aliphatic heterocycles. The third kappa shape index (κ3) is 5.89. The average molecular weight is 465 g/mol. The van der Waals surface area contributed by atoms with Gasteiger partial charge in [-0.15, -0.1) is 0 Å². The Morgan fingerprint density at radius 3 is 2.18 bits per heavy atom. The van der Waals surface area contributed by atoms with E-state index in [1.54, 1.807) is 12.1 Å². The molecule has 0 unspecified atom stereocenters. The van der Waals surface area contributed by atoms with Gasteiger partial charge < -0.3 is 20.4 Å². The molecule has 0 spiro atoms. The van der Waals surface area contributed by atoms with Gasteiger partial charge in [0.1, 0.15) is 0 Å². The van der Waals surface area contributed by atoms with Gasteiger partial charge >= 0.3 is 6.03 Å². The number of urea groups is 1. The molecule has 6 nitrogen and oxygen atoms in total. The number of rotatable bonds is 5. The Kier molecular flexibility index (Phi) is 7.06. The quantitative estimate of drug-likeness (QED) is 0.570. The Labute approximate surface area is 197 Å². The minimum absolute atomic E-state index is 0.136. The number of carbonyl (C=O) groups excluding carboxylic acids is 2. The summed E-state index contributed by atoms with van der Waals surface area (Å²) in [6.07, 6.45) is 0.411. The molecule has 3 amide bonds. The van der Waals surface area contributed by atoms with E-state index >= 15 is 0 Å². The fraction of sp³-hybridized carbons (Fsp3) is 0.231. The van der Waals surface area contributed by atoms with Crippen molar-refractivity contribution in [1.82, 2.24) is 4.90 Å². The van der Waals surface area contributed by atoms with Crippen molar-refractivity contribution in [3.05, 3.63) is 89.5 Å². The summed E-state index contributed by atoms with van der Waals surface area (Å²) in [5.74, 6) is -1.87. The van der Waals surface area contributed by atoms with Crippen LogP contribution in [0, 0.1) is 18.6 Å². The highest BCUT2D eigenvalue weighted by atomic mass is 19.2. The molecule has 0 radical (unpaired) electrons. The number of hydrogen-bond acceptors (Lipinski definition) is 3. The van der Waals surface area contributed by atoms with Crippen LogP contribution in [0.25, 0.3) is 0 Å². The Bertz CT molecular complexity index is 1180. The summed E-state index contributed by atoms with van der Waals surface area (Å²) >= 11 is 0. The lowest BCUT2D eigenvalue weighted by Gasteiger charge is -2.36. The number of nitrogens with one attached hydrogen (secondary N) is 2. The largest absolute Gasteiger partial charge is 0.368 e. The molecule has 1 saturated heterocycles. The lowest BCUT2D eigenvalue weighted by atomic mass is 10.1. The van der Waals surface area contributed by atoms with Gasteiger partial charge in [-0.1, -0.05) is 29.8 Å². The van der Waals surface area contributed by atoms with Crippen LogP contribution in [0.1, 0.15) is 11.1 Å². The van der Waals surface area contributed by atoms with Gasteiger partial charge in [0.2, 0.25) is 5.91 Å². The number of amides is 3. The summed E-state index contributed by atoms with van der Waals surface area (Å²) in [4.78, 5) is 28.9. The smallest absolute Gasteiger partial charge is 0.323 e. The molecule has 4 rings (SSSR count). The lowest BCUT2D eigenvalue weighted by Crippen LogP contribution is -2.49. The van der Waals surface area contributed by atoms with Gasteiger partial charge in [0.15, 0.2) is 11.6 Å². The maximum absolute atomic E-state index is 13.3. The van der Waals surface area contributed by atoms with Crippen LogP contribution in [-0.2, 0) is 11.2 Å². The minimum atomic E-state index is -1.03. The van der Waals surface area contributed by atoms with E-state index in [1.807, 2.05) is 48.2 Å². The number of nitrogens with zero attached hydrogens (tertiary/aromatic N) is 2. The van der Waals surface area contributed by atoms with Gasteiger partial charge in [-0.2, -0.15) is 0 Å². The molecule has 1 fully saturated rings. The zero-order valence-electron chi connectivity index (χ0n) is 18.9. The Morgan fingerprint density at radius 1 is 0.824 bits per heavy atom. The average Bonchev–Trinajstić information content (AvgIpc) is 2.82. The molecule has 0 atom stereocenters. The summed E-state index contributed by atoms with van der Waals surface area (Å²) in [6.45, 7) is 4.78. The number of hydrogen-bond donors (Lipinski definition) is 2. The lowest BCUT2D eigenvalue weighted by molar-refractivity contribution is -0.130. The van der Waals surface area contributed by atoms with E-state index < -0.39 is 17.7 Å². The van der Waals surface area contributed by atoms with Crippen molar-refractivity contribution in [1.29, 1.82) is 0 Å². The molecule has 3 aromatic rings. The molecule has 34 heavy (non-hydrogen) atoms. The number of halogens is 2. The van der Waals surface area contributed by atoms with E-state index in [1.165, 1.54) is 6.07 Å². The first-order chi connectivity index (χ1) is 16.4. The molecule has 176 valence electrons. The molecule has 0 aliphatic carbocycles. The van der Waals surface area contributed by atoms with Gasteiger partial charge in [-0.05, 0) is 48.9 Å². The van der Waals surface area contributed by atoms with Crippen molar-refractivity contribution in [3.63, 3.8) is 0 Å². The second-order valence-electron chi connectivity index (χ2n) is 8.29. The zero-order valence-corrected chi connectivity index (χ0v) is 18.9. The van der Waals surface area contributed by atoms with Crippen molar-refractivity contribution in [2.24, 2.45) is 0 Å². The van der Waals surface area contributed by atoms with E-state index in [-0.39, 0.29) is 11.6 Å². The maximum atomic E-state index is 13.3. The topological polar surface area (TPSA) is 64.7 Å². The van der Waals surface area contributed by atoms with Gasteiger partial charge in [0.05, 0.1) is 6.42 Å². The number of benzene rings is 3. The van der Waals surface area contributed by atoms with Gasteiger partial charge in [0, 0.05) is 49.3 Å². The predicted molar refractivity (Wildman–Crippen MR) is 129 cm³/mol. The highest BCUT2D eigenvalue weighted by Crippen LogP contribution is 2.21. The normalized spacial score (nSPS) is 13.5. The fourth-order valence-electron chi connectivity index (χ4n) is 3.95. The second kappa shape index (κ2) is 10.3. The van der Waals surface area contributed by atoms with Crippen molar-refractivity contribution >= 4 is 29.0 Å². The fourth-order valence-corrected chi connectivity index (χ4v) is 3.95. The molecule has 2 N–H and O–H groups in total. The first-order valence-electron chi connectivity index (χ1n) is 11.1. The number of carbonyl (C=O) groups is 2. The molecular formula is C26H26F2N4O2. The Morgan fingerprint density at radius 2 is 1.50 bits per heavy atom. The molecule has 8 heteroatoms. The zero-order chi connectivity index (χ0) is 24.1. The second-order valence-corrected chi connectivity index (χ2v) is 8.29. The van der Waals surface area contributed by atoms with E-state index in [0.717, 1.165) is 42.0 Å². The van der Waals surface area contributed by atoms with Gasteiger partial charge in [-0.25, -0.2) is 13.6 Å². The molecular weight excluding hydrogens is 438 g/mol. The first kappa shape index (κ1) is 23.2. The predicted octanol–water partition coefficient (Wildman–Crippen LogP) is 4.81. The van der Waals surface area contributed by atoms with Gasteiger partial charge in [-0.3, -0.25) is 4.79 Å². The number of aryl methyl sites for hydroxylation is 1. The van der Waals surface area contributed by atoms with E-state index in [2.05, 4.69) is 15.5 Å². The van der Waals surface area contributed by atoms with Crippen LogP contribution >= 0.6 is 0 Å². The third-order valence-corrected chi connectivity index (χ3v) is 5.74. The Balaban J connectivity index is 1.26. The van der Waals surface area contributed by atoms with Crippen LogP contribution in [0.4, 0.5) is 30.6 Å². The van der Waals surface area contributed by atoms with E-state index in [0.29, 0.717) is 25.2 Å². The Hall–Kier alpha value is -3.94. The van der Waals surface area contributed by atoms with Crippen molar-refractivity contribution < 1.29 is 18.4 Å². The summed E-state index contributed by atoms with van der Waals surface area (Å²) in [7, 11) is 0. The van der Waals surface area contributed by atoms with Gasteiger partial charge in [0.25, 0.3) is 0 Å².